The van der Waals surface area contributed by atoms with Crippen LogP contribution in [0.2, 0.25) is 0 Å². The van der Waals surface area contributed by atoms with Gasteiger partial charge in [0.2, 0.25) is 0 Å². The van der Waals surface area contributed by atoms with Gasteiger partial charge in [0.25, 0.3) is 6.43 Å². The lowest BCUT2D eigenvalue weighted by Gasteiger charge is -2.27. The largest absolute Gasteiger partial charge is 0.399 e. The standard InChI is InChI=1S/C8H14F5N3O/c9-6(10)4-16(1-2-17)3-5(7(14)15)8(11,12)13/h5-6,17H,1-4H2,(H3,14,15). The van der Waals surface area contributed by atoms with Crippen molar-refractivity contribution in [3.05, 3.63) is 0 Å². The van der Waals surface area contributed by atoms with E-state index >= 15 is 0 Å². The van der Waals surface area contributed by atoms with E-state index in [1.807, 2.05) is 0 Å². The molecule has 102 valence electrons. The monoisotopic (exact) mass is 263 g/mol. The molecule has 0 aromatic heterocycles. The van der Waals surface area contributed by atoms with Gasteiger partial charge in [-0.25, -0.2) is 8.78 Å². The lowest BCUT2D eigenvalue weighted by molar-refractivity contribution is -0.161. The average Bonchev–Trinajstić information content (AvgIpc) is 2.10. The normalized spacial score (nSPS) is 14.4. The summed E-state index contributed by atoms with van der Waals surface area (Å²) in [5, 5.41) is 15.3. The van der Waals surface area contributed by atoms with Crippen molar-refractivity contribution >= 4 is 5.84 Å². The van der Waals surface area contributed by atoms with E-state index in [9.17, 15) is 22.0 Å². The zero-order valence-electron chi connectivity index (χ0n) is 8.84. The van der Waals surface area contributed by atoms with Crippen molar-refractivity contribution in [3.8, 4) is 0 Å². The van der Waals surface area contributed by atoms with Crippen LogP contribution in [0, 0.1) is 11.3 Å². The molecule has 0 saturated carbocycles. The number of aliphatic hydroxyl groups is 1. The maximum atomic E-state index is 12.4. The van der Waals surface area contributed by atoms with Gasteiger partial charge in [0.15, 0.2) is 0 Å². The molecule has 0 aliphatic carbocycles. The van der Waals surface area contributed by atoms with Gasteiger partial charge in [-0.1, -0.05) is 0 Å². The molecule has 4 N–H and O–H groups in total. The number of hydrogen-bond acceptors (Lipinski definition) is 3. The molecule has 0 saturated heterocycles. The number of halogens is 5. The van der Waals surface area contributed by atoms with Crippen LogP contribution in [-0.2, 0) is 0 Å². The summed E-state index contributed by atoms with van der Waals surface area (Å²) < 4.78 is 61.4. The summed E-state index contributed by atoms with van der Waals surface area (Å²) in [7, 11) is 0. The van der Waals surface area contributed by atoms with Gasteiger partial charge >= 0.3 is 6.18 Å². The third-order valence-corrected chi connectivity index (χ3v) is 2.02. The van der Waals surface area contributed by atoms with Gasteiger partial charge in [-0.2, -0.15) is 13.2 Å². The van der Waals surface area contributed by atoms with Crippen molar-refractivity contribution in [1.82, 2.24) is 4.90 Å². The van der Waals surface area contributed by atoms with Crippen LogP contribution in [0.3, 0.4) is 0 Å². The second kappa shape index (κ2) is 6.70. The van der Waals surface area contributed by atoms with E-state index in [-0.39, 0.29) is 6.54 Å². The number of aliphatic hydroxyl groups excluding tert-OH is 1. The Morgan fingerprint density at radius 3 is 2.12 bits per heavy atom. The minimum atomic E-state index is -4.76. The third kappa shape index (κ3) is 6.37. The van der Waals surface area contributed by atoms with Gasteiger partial charge in [-0.05, 0) is 0 Å². The van der Waals surface area contributed by atoms with Gasteiger partial charge < -0.3 is 10.8 Å². The van der Waals surface area contributed by atoms with E-state index in [2.05, 4.69) is 0 Å². The first-order chi connectivity index (χ1) is 7.68. The molecule has 4 nitrogen and oxygen atoms in total. The van der Waals surface area contributed by atoms with Gasteiger partial charge in [-0.15, -0.1) is 0 Å². The summed E-state index contributed by atoms with van der Waals surface area (Å²) in [6.07, 6.45) is -7.58. The molecule has 0 aliphatic heterocycles. The summed E-state index contributed by atoms with van der Waals surface area (Å²) in [5.74, 6) is -3.43. The first kappa shape index (κ1) is 16.0. The van der Waals surface area contributed by atoms with Crippen molar-refractivity contribution in [3.63, 3.8) is 0 Å². The highest BCUT2D eigenvalue weighted by molar-refractivity contribution is 5.80. The Hall–Kier alpha value is -0.960. The molecular formula is C8H14F5N3O. The molecule has 1 unspecified atom stereocenters. The Kier molecular flexibility index (Phi) is 6.32. The molecule has 0 aliphatic rings. The van der Waals surface area contributed by atoms with Crippen molar-refractivity contribution < 1.29 is 27.1 Å². The van der Waals surface area contributed by atoms with Crippen molar-refractivity contribution in [2.45, 2.75) is 12.6 Å². The third-order valence-electron chi connectivity index (χ3n) is 2.02. The average molecular weight is 263 g/mol. The predicted molar refractivity (Wildman–Crippen MR) is 51.0 cm³/mol. The van der Waals surface area contributed by atoms with E-state index in [4.69, 9.17) is 16.2 Å². The highest BCUT2D eigenvalue weighted by Crippen LogP contribution is 2.27. The van der Waals surface area contributed by atoms with E-state index in [0.29, 0.717) is 0 Å². The first-order valence-electron chi connectivity index (χ1n) is 4.70. The molecule has 0 heterocycles. The molecule has 0 aromatic rings. The van der Waals surface area contributed by atoms with E-state index in [1.165, 1.54) is 0 Å². The number of nitrogens with zero attached hydrogens (tertiary/aromatic N) is 1. The molecular weight excluding hydrogens is 249 g/mol. The van der Waals surface area contributed by atoms with E-state index in [1.54, 1.807) is 0 Å². The van der Waals surface area contributed by atoms with Gasteiger partial charge in [0.1, 0.15) is 11.8 Å². The Bertz CT molecular complexity index is 246. The van der Waals surface area contributed by atoms with Gasteiger partial charge in [0, 0.05) is 13.1 Å². The Labute approximate surface area is 94.7 Å². The maximum absolute atomic E-state index is 12.4. The minimum Gasteiger partial charge on any atom is -0.395 e. The fourth-order valence-corrected chi connectivity index (χ4v) is 1.23. The minimum absolute atomic E-state index is 0.329. The number of rotatable bonds is 7. The summed E-state index contributed by atoms with van der Waals surface area (Å²) >= 11 is 0. The number of amidine groups is 1. The second-order valence-electron chi connectivity index (χ2n) is 3.42. The summed E-state index contributed by atoms with van der Waals surface area (Å²) in [6, 6.07) is 0. The highest BCUT2D eigenvalue weighted by atomic mass is 19.4. The second-order valence-corrected chi connectivity index (χ2v) is 3.42. The van der Waals surface area contributed by atoms with Crippen molar-refractivity contribution in [1.29, 1.82) is 5.41 Å². The molecule has 0 spiro atoms. The molecule has 0 rings (SSSR count). The summed E-state index contributed by atoms with van der Waals surface area (Å²) in [5.41, 5.74) is 4.78. The maximum Gasteiger partial charge on any atom is 0.399 e. The molecule has 9 heteroatoms. The van der Waals surface area contributed by atoms with Crippen LogP contribution in [0.4, 0.5) is 22.0 Å². The van der Waals surface area contributed by atoms with Gasteiger partial charge in [-0.3, -0.25) is 10.3 Å². The zero-order valence-corrected chi connectivity index (χ0v) is 8.84. The van der Waals surface area contributed by atoms with Crippen LogP contribution in [0.25, 0.3) is 0 Å². The van der Waals surface area contributed by atoms with Crippen LogP contribution >= 0.6 is 0 Å². The topological polar surface area (TPSA) is 73.3 Å². The fourth-order valence-electron chi connectivity index (χ4n) is 1.23. The molecule has 0 aromatic carbocycles. The first-order valence-corrected chi connectivity index (χ1v) is 4.70. The van der Waals surface area contributed by atoms with Crippen LogP contribution < -0.4 is 5.73 Å². The van der Waals surface area contributed by atoms with E-state index < -0.39 is 44.1 Å². The van der Waals surface area contributed by atoms with Gasteiger partial charge in [0.05, 0.1) is 13.2 Å². The smallest absolute Gasteiger partial charge is 0.395 e. The SMILES string of the molecule is N=C(N)C(CN(CCO)CC(F)F)C(F)(F)F. The van der Waals surface area contributed by atoms with Crippen molar-refractivity contribution in [2.75, 3.05) is 26.2 Å². The lowest BCUT2D eigenvalue weighted by Crippen LogP contribution is -2.46. The fraction of sp³-hybridized carbons (Fsp3) is 0.875. The number of alkyl halides is 5. The Morgan fingerprint density at radius 1 is 1.29 bits per heavy atom. The summed E-state index contributed by atoms with van der Waals surface area (Å²) in [6.45, 7) is -2.64. The predicted octanol–water partition coefficient (Wildman–Crippen LogP) is 0.660. The Balaban J connectivity index is 4.62. The van der Waals surface area contributed by atoms with Crippen LogP contribution in [0.15, 0.2) is 0 Å². The zero-order chi connectivity index (χ0) is 13.6. The summed E-state index contributed by atoms with van der Waals surface area (Å²) in [4.78, 5) is 0.726. The quantitative estimate of drug-likeness (QED) is 0.359. The number of hydrogen-bond donors (Lipinski definition) is 3. The number of nitrogens with one attached hydrogen (secondary N) is 1. The Morgan fingerprint density at radius 2 is 1.82 bits per heavy atom. The molecule has 1 atom stereocenters. The molecule has 0 bridgehead atoms. The number of nitrogens with two attached hydrogens (primary N) is 1. The lowest BCUT2D eigenvalue weighted by atomic mass is 10.1. The molecule has 0 radical (unpaired) electrons. The highest BCUT2D eigenvalue weighted by Gasteiger charge is 2.42. The van der Waals surface area contributed by atoms with E-state index in [0.717, 1.165) is 4.90 Å². The van der Waals surface area contributed by atoms with Crippen LogP contribution in [-0.4, -0.2) is 54.7 Å². The molecule has 17 heavy (non-hydrogen) atoms. The molecule has 0 amide bonds. The van der Waals surface area contributed by atoms with Crippen molar-refractivity contribution in [2.24, 2.45) is 11.7 Å². The van der Waals surface area contributed by atoms with Crippen LogP contribution in [0.1, 0.15) is 0 Å². The molecule has 0 fully saturated rings. The van der Waals surface area contributed by atoms with Crippen LogP contribution in [0.5, 0.6) is 0 Å².